The zero-order chi connectivity index (χ0) is 14.0. The van der Waals surface area contributed by atoms with Gasteiger partial charge in [-0.15, -0.1) is 0 Å². The first-order chi connectivity index (χ1) is 8.99. The van der Waals surface area contributed by atoms with Crippen LogP contribution < -0.4 is 0 Å². The highest BCUT2D eigenvalue weighted by atomic mass is 16.4. The van der Waals surface area contributed by atoms with Crippen LogP contribution >= 0.6 is 0 Å². The summed E-state index contributed by atoms with van der Waals surface area (Å²) in [6, 6.07) is 7.39. The molecule has 1 aromatic carbocycles. The summed E-state index contributed by atoms with van der Waals surface area (Å²) < 4.78 is 0. The summed E-state index contributed by atoms with van der Waals surface area (Å²) in [6.07, 6.45) is 1.26. The Hall–Kier alpha value is -2.56. The van der Waals surface area contributed by atoms with Crippen molar-refractivity contribution in [1.29, 1.82) is 0 Å². The van der Waals surface area contributed by atoms with Crippen molar-refractivity contribution < 1.29 is 14.7 Å². The van der Waals surface area contributed by atoms with Gasteiger partial charge in [0.25, 0.3) is 0 Å². The zero-order valence-corrected chi connectivity index (χ0v) is 10.5. The molecule has 0 aliphatic rings. The number of Topliss-reactive ketones (excluding diaryl/α,β-unsaturated/α-hetero) is 1. The maximum Gasteiger partial charge on any atom is 0.355 e. The summed E-state index contributed by atoms with van der Waals surface area (Å²) in [5, 5.41) is 9.09. The van der Waals surface area contributed by atoms with Crippen molar-refractivity contribution in [2.45, 2.75) is 13.8 Å². The molecule has 0 saturated heterocycles. The van der Waals surface area contributed by atoms with E-state index in [9.17, 15) is 9.59 Å². The van der Waals surface area contributed by atoms with Gasteiger partial charge in [0.15, 0.2) is 17.3 Å². The molecule has 0 spiro atoms. The Morgan fingerprint density at radius 3 is 2.32 bits per heavy atom. The quantitative estimate of drug-likeness (QED) is 0.852. The van der Waals surface area contributed by atoms with Crippen LogP contribution in [0.3, 0.4) is 0 Å². The summed E-state index contributed by atoms with van der Waals surface area (Å²) in [5.41, 5.74) is 1.55. The van der Waals surface area contributed by atoms with Crippen LogP contribution in [0.25, 0.3) is 11.4 Å². The predicted molar refractivity (Wildman–Crippen MR) is 69.2 cm³/mol. The summed E-state index contributed by atoms with van der Waals surface area (Å²) in [5.74, 6) is -1.31. The highest BCUT2D eigenvalue weighted by Gasteiger charge is 2.17. The molecule has 96 valence electrons. The molecule has 2 aromatic rings. The number of aromatic nitrogens is 2. The van der Waals surface area contributed by atoms with Crippen molar-refractivity contribution in [3.8, 4) is 11.4 Å². The van der Waals surface area contributed by atoms with Crippen LogP contribution in [0.15, 0.2) is 30.5 Å². The molecule has 1 N–H and O–H groups in total. The molecule has 0 saturated carbocycles. The molecular weight excluding hydrogens is 244 g/mol. The van der Waals surface area contributed by atoms with Crippen LogP contribution in [0.2, 0.25) is 0 Å². The Balaban J connectivity index is 2.55. The van der Waals surface area contributed by atoms with Crippen molar-refractivity contribution in [1.82, 2.24) is 9.97 Å². The minimum Gasteiger partial charge on any atom is -0.476 e. The second kappa shape index (κ2) is 4.97. The zero-order valence-electron chi connectivity index (χ0n) is 10.5. The topological polar surface area (TPSA) is 80.2 Å². The number of aromatic carboxylic acids is 1. The van der Waals surface area contributed by atoms with Gasteiger partial charge in [-0.05, 0) is 13.8 Å². The Labute approximate surface area is 110 Å². The third-order valence-corrected chi connectivity index (χ3v) is 2.68. The normalized spacial score (nSPS) is 10.2. The molecule has 0 aliphatic heterocycles. The molecular formula is C14H12N2O3. The van der Waals surface area contributed by atoms with Crippen LogP contribution in [-0.4, -0.2) is 26.8 Å². The molecule has 0 amide bonds. The highest BCUT2D eigenvalue weighted by molar-refractivity contribution is 6.03. The van der Waals surface area contributed by atoms with E-state index in [-0.39, 0.29) is 17.0 Å². The van der Waals surface area contributed by atoms with Crippen molar-refractivity contribution >= 4 is 11.8 Å². The number of nitrogens with zero attached hydrogens (tertiary/aromatic N) is 2. The van der Waals surface area contributed by atoms with Crippen LogP contribution in [0.5, 0.6) is 0 Å². The molecule has 1 aromatic heterocycles. The van der Waals surface area contributed by atoms with Gasteiger partial charge in [0.1, 0.15) is 0 Å². The fraction of sp³-hybridized carbons (Fsp3) is 0.143. The summed E-state index contributed by atoms with van der Waals surface area (Å²) in [6.45, 7) is 3.24. The molecule has 0 atom stereocenters. The molecule has 0 bridgehead atoms. The number of carbonyl (C=O) groups is 2. The Bertz CT molecular complexity index is 648. The van der Waals surface area contributed by atoms with Crippen LogP contribution in [0.4, 0.5) is 0 Å². The van der Waals surface area contributed by atoms with Gasteiger partial charge in [0.05, 0.1) is 5.56 Å². The van der Waals surface area contributed by atoms with E-state index in [4.69, 9.17) is 5.11 Å². The minimum absolute atomic E-state index is 0.0170. The summed E-state index contributed by atoms with van der Waals surface area (Å²) in [4.78, 5) is 30.5. The van der Waals surface area contributed by atoms with Gasteiger partial charge in [-0.1, -0.05) is 29.8 Å². The van der Waals surface area contributed by atoms with E-state index in [0.717, 1.165) is 5.56 Å². The average molecular weight is 256 g/mol. The predicted octanol–water partition coefficient (Wildman–Crippen LogP) is 2.35. The van der Waals surface area contributed by atoms with Crippen LogP contribution in [0, 0.1) is 6.92 Å². The number of hydrogen-bond donors (Lipinski definition) is 1. The molecule has 5 heteroatoms. The third kappa shape index (κ3) is 2.65. The fourth-order valence-corrected chi connectivity index (χ4v) is 1.64. The van der Waals surface area contributed by atoms with Crippen LogP contribution in [-0.2, 0) is 0 Å². The van der Waals surface area contributed by atoms with Gasteiger partial charge in [0.2, 0.25) is 0 Å². The van der Waals surface area contributed by atoms with Crippen molar-refractivity contribution in [2.75, 3.05) is 0 Å². The van der Waals surface area contributed by atoms with Gasteiger partial charge < -0.3 is 5.11 Å². The van der Waals surface area contributed by atoms with Crippen LogP contribution in [0.1, 0.15) is 33.3 Å². The Kier molecular flexibility index (Phi) is 3.37. The summed E-state index contributed by atoms with van der Waals surface area (Å²) in [7, 11) is 0. The van der Waals surface area contributed by atoms with Gasteiger partial charge in [-0.25, -0.2) is 14.8 Å². The average Bonchev–Trinajstić information content (AvgIpc) is 2.38. The smallest absolute Gasteiger partial charge is 0.355 e. The first-order valence-electron chi connectivity index (χ1n) is 5.67. The molecule has 19 heavy (non-hydrogen) atoms. The Morgan fingerprint density at radius 1 is 1.16 bits per heavy atom. The number of carboxylic acids is 1. The van der Waals surface area contributed by atoms with E-state index in [1.807, 2.05) is 31.2 Å². The number of ketones is 1. The molecule has 1 heterocycles. The maximum atomic E-state index is 11.3. The number of carbonyl (C=O) groups excluding carboxylic acids is 1. The molecule has 2 rings (SSSR count). The molecule has 0 radical (unpaired) electrons. The van der Waals surface area contributed by atoms with Gasteiger partial charge in [0, 0.05) is 11.8 Å². The van der Waals surface area contributed by atoms with Crippen molar-refractivity contribution in [3.63, 3.8) is 0 Å². The monoisotopic (exact) mass is 256 g/mol. The number of hydrogen-bond acceptors (Lipinski definition) is 4. The van der Waals surface area contributed by atoms with Crippen molar-refractivity contribution in [2.24, 2.45) is 0 Å². The van der Waals surface area contributed by atoms with E-state index in [2.05, 4.69) is 9.97 Å². The molecule has 0 aliphatic carbocycles. The lowest BCUT2D eigenvalue weighted by molar-refractivity contribution is 0.0685. The lowest BCUT2D eigenvalue weighted by Crippen LogP contribution is -2.11. The van der Waals surface area contributed by atoms with Gasteiger partial charge >= 0.3 is 5.97 Å². The molecule has 5 nitrogen and oxygen atoms in total. The molecule has 0 unspecified atom stereocenters. The highest BCUT2D eigenvalue weighted by Crippen LogP contribution is 2.17. The largest absolute Gasteiger partial charge is 0.476 e. The first-order valence-corrected chi connectivity index (χ1v) is 5.67. The lowest BCUT2D eigenvalue weighted by atomic mass is 10.1. The number of benzene rings is 1. The van der Waals surface area contributed by atoms with E-state index in [0.29, 0.717) is 11.4 Å². The van der Waals surface area contributed by atoms with E-state index < -0.39 is 5.97 Å². The number of aryl methyl sites for hydroxylation is 1. The van der Waals surface area contributed by atoms with E-state index >= 15 is 0 Å². The fourth-order valence-electron chi connectivity index (χ4n) is 1.64. The second-order valence-electron chi connectivity index (χ2n) is 4.18. The van der Waals surface area contributed by atoms with E-state index in [1.54, 1.807) is 0 Å². The SMILES string of the molecule is CC(=O)c1cnc(-c2ccc(C)cc2)nc1C(=O)O. The number of carboxylic acid groups (broad SMARTS) is 1. The van der Waals surface area contributed by atoms with E-state index in [1.165, 1.54) is 13.1 Å². The maximum absolute atomic E-state index is 11.3. The minimum atomic E-state index is -1.24. The second-order valence-corrected chi connectivity index (χ2v) is 4.18. The standard InChI is InChI=1S/C14H12N2O3/c1-8-3-5-10(6-4-8)13-15-7-11(9(2)17)12(16-13)14(18)19/h3-7H,1-2H3,(H,18,19). The first kappa shape index (κ1) is 12.9. The van der Waals surface area contributed by atoms with Crippen molar-refractivity contribution in [3.05, 3.63) is 47.3 Å². The summed E-state index contributed by atoms with van der Waals surface area (Å²) >= 11 is 0. The van der Waals surface area contributed by atoms with Gasteiger partial charge in [-0.2, -0.15) is 0 Å². The third-order valence-electron chi connectivity index (χ3n) is 2.68. The lowest BCUT2D eigenvalue weighted by Gasteiger charge is -2.05. The number of rotatable bonds is 3. The Morgan fingerprint density at radius 2 is 1.79 bits per heavy atom. The van der Waals surface area contributed by atoms with Gasteiger partial charge in [-0.3, -0.25) is 4.79 Å². The molecule has 0 fully saturated rings.